The lowest BCUT2D eigenvalue weighted by molar-refractivity contribution is -0.235. The average Bonchev–Trinajstić information content (AvgIpc) is 2.67. The molecule has 0 saturated heterocycles. The third kappa shape index (κ3) is 4.18. The van der Waals surface area contributed by atoms with Crippen LogP contribution in [-0.4, -0.2) is 29.1 Å². The lowest BCUT2D eigenvalue weighted by Crippen LogP contribution is -2.56. The number of aliphatic carboxylic acids is 1. The molecule has 2 aromatic rings. The van der Waals surface area contributed by atoms with Gasteiger partial charge in [0, 0.05) is 18.4 Å². The lowest BCUT2D eigenvalue weighted by Gasteiger charge is -2.39. The number of hydrogen-bond donors (Lipinski definition) is 1. The topological polar surface area (TPSA) is 63.6 Å². The Morgan fingerprint density at radius 2 is 1.83 bits per heavy atom. The molecule has 0 amide bonds. The summed E-state index contributed by atoms with van der Waals surface area (Å²) >= 11 is 0. The highest BCUT2D eigenvalue weighted by atomic mass is 19.4. The summed E-state index contributed by atoms with van der Waals surface area (Å²) in [6.07, 6.45) is -2.25. The molecule has 0 saturated carbocycles. The van der Waals surface area contributed by atoms with Crippen molar-refractivity contribution in [1.82, 2.24) is 0 Å². The highest BCUT2D eigenvalue weighted by Crippen LogP contribution is 2.47. The minimum absolute atomic E-state index is 0.0256. The molecule has 0 aliphatic carbocycles. The van der Waals surface area contributed by atoms with Gasteiger partial charge in [-0.2, -0.15) is 13.2 Å². The number of unbranched alkanes of at least 4 members (excludes halogenated alkanes) is 1. The van der Waals surface area contributed by atoms with Crippen molar-refractivity contribution < 1.29 is 32.6 Å². The van der Waals surface area contributed by atoms with Crippen molar-refractivity contribution in [2.24, 2.45) is 0 Å². The van der Waals surface area contributed by atoms with E-state index >= 15 is 0 Å². The van der Waals surface area contributed by atoms with Crippen molar-refractivity contribution in [2.45, 2.75) is 37.5 Å². The van der Waals surface area contributed by atoms with Gasteiger partial charge < -0.3 is 14.6 Å². The van der Waals surface area contributed by atoms with E-state index in [1.165, 1.54) is 18.2 Å². The fourth-order valence-electron chi connectivity index (χ4n) is 3.42. The Hall–Kier alpha value is -3.09. The summed E-state index contributed by atoms with van der Waals surface area (Å²) in [5.74, 6) is -1.71. The van der Waals surface area contributed by atoms with Gasteiger partial charge in [-0.25, -0.2) is 4.79 Å². The van der Waals surface area contributed by atoms with Crippen LogP contribution in [0.3, 0.4) is 0 Å². The molecule has 0 bridgehead atoms. The molecular weight excluding hydrogens is 385 g/mol. The monoisotopic (exact) mass is 404 g/mol. The Kier molecular flexibility index (Phi) is 5.77. The fraction of sp³-hybridized carbons (Fsp3) is 0.273. The first-order chi connectivity index (χ1) is 13.8. The quantitative estimate of drug-likeness (QED) is 0.541. The summed E-state index contributed by atoms with van der Waals surface area (Å²) in [5.41, 5.74) is -2.47. The van der Waals surface area contributed by atoms with Crippen LogP contribution in [0.4, 0.5) is 13.2 Å². The van der Waals surface area contributed by atoms with Crippen molar-refractivity contribution in [2.75, 3.05) is 0 Å². The molecule has 4 nitrogen and oxygen atoms in total. The molecule has 0 aromatic heterocycles. The predicted octanol–water partition coefficient (Wildman–Crippen LogP) is 4.61. The van der Waals surface area contributed by atoms with Crippen LogP contribution in [0.25, 0.3) is 6.08 Å². The summed E-state index contributed by atoms with van der Waals surface area (Å²) < 4.78 is 48.0. The van der Waals surface area contributed by atoms with Gasteiger partial charge in [-0.1, -0.05) is 36.4 Å². The van der Waals surface area contributed by atoms with Crippen molar-refractivity contribution in [3.63, 3.8) is 0 Å². The molecule has 1 N–H and O–H groups in total. The molecule has 1 unspecified atom stereocenters. The largest absolute Gasteiger partial charge is 0.478 e. The van der Waals surface area contributed by atoms with Gasteiger partial charge in [0.2, 0.25) is 5.60 Å². The summed E-state index contributed by atoms with van der Waals surface area (Å²) in [6.45, 7) is 0. The van der Waals surface area contributed by atoms with Crippen molar-refractivity contribution in [3.05, 3.63) is 70.8 Å². The third-order valence-electron chi connectivity index (χ3n) is 4.86. The Balaban J connectivity index is 2.06. The van der Waals surface area contributed by atoms with E-state index in [2.05, 4.69) is 0 Å². The Morgan fingerprint density at radius 3 is 2.45 bits per heavy atom. The molecule has 1 atom stereocenters. The molecule has 29 heavy (non-hydrogen) atoms. The van der Waals surface area contributed by atoms with E-state index in [4.69, 9.17) is 4.74 Å². The number of carbonyl (C=O) groups excluding carboxylic acids is 1. The van der Waals surface area contributed by atoms with Gasteiger partial charge in [-0.15, -0.1) is 0 Å². The predicted molar refractivity (Wildman–Crippen MR) is 101 cm³/mol. The second-order valence-electron chi connectivity index (χ2n) is 6.88. The van der Waals surface area contributed by atoms with Gasteiger partial charge in [0.15, 0.2) is 0 Å². The number of halogens is 3. The number of carbonyl (C=O) groups is 2. The summed E-state index contributed by atoms with van der Waals surface area (Å²) in [7, 11) is 0. The van der Waals surface area contributed by atoms with Gasteiger partial charge in [-0.05, 0) is 42.2 Å². The molecule has 1 aliphatic rings. The van der Waals surface area contributed by atoms with Crippen molar-refractivity contribution in [1.29, 1.82) is 0 Å². The Morgan fingerprint density at radius 1 is 1.10 bits per heavy atom. The number of aryl methyl sites for hydroxylation is 1. The van der Waals surface area contributed by atoms with Crippen LogP contribution in [0.2, 0.25) is 0 Å². The number of carboxylic acid groups (broad SMARTS) is 1. The fourth-order valence-corrected chi connectivity index (χ4v) is 3.42. The Bertz CT molecular complexity index is 935. The maximum absolute atomic E-state index is 14.2. The molecule has 2 aromatic carbocycles. The first kappa shape index (κ1) is 20.6. The molecular formula is C22H19F3O4. The molecule has 7 heteroatoms. The smallest absolute Gasteiger partial charge is 0.433 e. The highest BCUT2D eigenvalue weighted by molar-refractivity contribution is 5.96. The number of aldehydes is 1. The number of ether oxygens (including phenoxy) is 1. The summed E-state index contributed by atoms with van der Waals surface area (Å²) in [5, 5.41) is 9.60. The highest BCUT2D eigenvalue weighted by Gasteiger charge is 2.63. The standard InChI is InChI=1S/C22H19F3O4/c23-22(24,25)21(14-16-7-2-1-3-8-16)18(20(27)28)13-17-12-15(6-4-5-11-26)9-10-19(17)29-21/h1-3,7-13H,4-6,14H2,(H,27,28). The molecule has 0 fully saturated rings. The second kappa shape index (κ2) is 8.11. The van der Waals surface area contributed by atoms with Gasteiger partial charge in [0.05, 0.1) is 5.57 Å². The first-order valence-corrected chi connectivity index (χ1v) is 9.08. The second-order valence-corrected chi connectivity index (χ2v) is 6.88. The van der Waals surface area contributed by atoms with E-state index in [9.17, 15) is 27.9 Å². The third-order valence-corrected chi connectivity index (χ3v) is 4.86. The number of fused-ring (bicyclic) bond motifs is 1. The van der Waals surface area contributed by atoms with Crippen LogP contribution in [0.1, 0.15) is 29.5 Å². The van der Waals surface area contributed by atoms with Crippen molar-refractivity contribution >= 4 is 18.3 Å². The number of benzene rings is 2. The van der Waals surface area contributed by atoms with E-state index in [1.807, 2.05) is 0 Å². The molecule has 152 valence electrons. The van der Waals surface area contributed by atoms with E-state index < -0.39 is 29.7 Å². The zero-order valence-corrected chi connectivity index (χ0v) is 15.4. The van der Waals surface area contributed by atoms with Crippen LogP contribution in [0.5, 0.6) is 5.75 Å². The van der Waals surface area contributed by atoms with E-state index in [0.29, 0.717) is 24.8 Å². The normalized spacial score (nSPS) is 18.4. The molecule has 0 radical (unpaired) electrons. The summed E-state index contributed by atoms with van der Waals surface area (Å²) in [6, 6.07) is 12.5. The zero-order chi connectivity index (χ0) is 21.1. The minimum atomic E-state index is -4.95. The average molecular weight is 404 g/mol. The summed E-state index contributed by atoms with van der Waals surface area (Å²) in [4.78, 5) is 22.3. The van der Waals surface area contributed by atoms with Crippen molar-refractivity contribution in [3.8, 4) is 5.75 Å². The number of rotatable bonds is 7. The number of carboxylic acids is 1. The molecule has 1 heterocycles. The maximum atomic E-state index is 14.2. The number of hydrogen-bond acceptors (Lipinski definition) is 3. The Labute approximate surface area is 165 Å². The zero-order valence-electron chi connectivity index (χ0n) is 15.4. The molecule has 0 spiro atoms. The van der Waals surface area contributed by atoms with Gasteiger partial charge in [0.1, 0.15) is 12.0 Å². The van der Waals surface area contributed by atoms with Crippen LogP contribution >= 0.6 is 0 Å². The van der Waals surface area contributed by atoms with Crippen LogP contribution < -0.4 is 4.74 Å². The minimum Gasteiger partial charge on any atom is -0.478 e. The molecule has 1 aliphatic heterocycles. The van der Waals surface area contributed by atoms with E-state index in [1.54, 1.807) is 30.3 Å². The van der Waals surface area contributed by atoms with E-state index in [0.717, 1.165) is 17.9 Å². The SMILES string of the molecule is O=CCCCc1ccc2c(c1)C=C(C(=O)O)C(Cc1ccccc1)(C(F)(F)F)O2. The van der Waals surface area contributed by atoms with Gasteiger partial charge >= 0.3 is 12.1 Å². The lowest BCUT2D eigenvalue weighted by atomic mass is 9.82. The van der Waals surface area contributed by atoms with Crippen LogP contribution in [0.15, 0.2) is 54.1 Å². The number of alkyl halides is 3. The van der Waals surface area contributed by atoms with Crippen LogP contribution in [0, 0.1) is 0 Å². The van der Waals surface area contributed by atoms with Gasteiger partial charge in [0.25, 0.3) is 0 Å². The molecule has 3 rings (SSSR count). The van der Waals surface area contributed by atoms with Crippen LogP contribution in [-0.2, 0) is 22.4 Å². The first-order valence-electron chi connectivity index (χ1n) is 9.08. The van der Waals surface area contributed by atoms with E-state index in [-0.39, 0.29) is 11.3 Å². The van der Waals surface area contributed by atoms with Gasteiger partial charge in [-0.3, -0.25) is 0 Å². The maximum Gasteiger partial charge on any atom is 0.433 e.